The van der Waals surface area contributed by atoms with Crippen LogP contribution >= 0.6 is 0 Å². The molecule has 0 aliphatic rings. The second kappa shape index (κ2) is 6.12. The summed E-state index contributed by atoms with van der Waals surface area (Å²) in [7, 11) is 3.12. The number of esters is 1. The minimum absolute atomic E-state index is 0.205. The van der Waals surface area contributed by atoms with E-state index in [1.807, 2.05) is 0 Å². The van der Waals surface area contributed by atoms with E-state index in [2.05, 4.69) is 10.1 Å². The first-order chi connectivity index (χ1) is 5.26. The molecular formula is C7H16N2O2. The molecule has 0 fully saturated rings. The van der Waals surface area contributed by atoms with E-state index in [0.717, 1.165) is 12.8 Å². The fourth-order valence-corrected chi connectivity index (χ4v) is 0.844. The molecule has 0 aromatic carbocycles. The minimum atomic E-state index is -0.221. The molecule has 0 bridgehead atoms. The Morgan fingerprint density at radius 2 is 2.36 bits per heavy atom. The standard InChI is InChI=1S/C7H16N2O2/c1-9-6(4-3-5-8)7(10)11-2/h6,9H,3-5,8H2,1-2H3/t6-/m0/s1. The van der Waals surface area contributed by atoms with Crippen molar-refractivity contribution in [2.24, 2.45) is 5.73 Å². The van der Waals surface area contributed by atoms with Gasteiger partial charge in [-0.1, -0.05) is 0 Å². The average Bonchev–Trinajstić information content (AvgIpc) is 2.05. The van der Waals surface area contributed by atoms with Crippen LogP contribution in [0, 0.1) is 0 Å². The van der Waals surface area contributed by atoms with Crippen LogP contribution in [-0.4, -0.2) is 32.7 Å². The highest BCUT2D eigenvalue weighted by atomic mass is 16.5. The van der Waals surface area contributed by atoms with Crippen molar-refractivity contribution >= 4 is 5.97 Å². The Bertz CT molecular complexity index is 117. The molecule has 0 radical (unpaired) electrons. The number of hydrogen-bond donors (Lipinski definition) is 2. The summed E-state index contributed by atoms with van der Waals surface area (Å²) in [6.07, 6.45) is 1.57. The predicted molar refractivity (Wildman–Crippen MR) is 43.2 cm³/mol. The van der Waals surface area contributed by atoms with Gasteiger partial charge >= 0.3 is 5.97 Å². The third kappa shape index (κ3) is 3.95. The van der Waals surface area contributed by atoms with Gasteiger partial charge in [-0.05, 0) is 26.4 Å². The molecule has 0 spiro atoms. The van der Waals surface area contributed by atoms with Crippen molar-refractivity contribution in [3.8, 4) is 0 Å². The minimum Gasteiger partial charge on any atom is -0.468 e. The summed E-state index contributed by atoms with van der Waals surface area (Å²) in [6, 6.07) is -0.205. The lowest BCUT2D eigenvalue weighted by Gasteiger charge is -2.11. The van der Waals surface area contributed by atoms with Crippen molar-refractivity contribution in [2.75, 3.05) is 20.7 Å². The lowest BCUT2D eigenvalue weighted by molar-refractivity contribution is -0.143. The SMILES string of the molecule is CN[C@@H](CCCN)C(=O)OC. The zero-order chi connectivity index (χ0) is 8.69. The van der Waals surface area contributed by atoms with Gasteiger partial charge in [-0.25, -0.2) is 0 Å². The number of nitrogens with one attached hydrogen (secondary N) is 1. The van der Waals surface area contributed by atoms with Crippen LogP contribution in [-0.2, 0) is 9.53 Å². The van der Waals surface area contributed by atoms with Gasteiger partial charge in [-0.3, -0.25) is 4.79 Å². The first kappa shape index (κ1) is 10.4. The van der Waals surface area contributed by atoms with E-state index in [1.165, 1.54) is 7.11 Å². The van der Waals surface area contributed by atoms with Gasteiger partial charge in [0.1, 0.15) is 6.04 Å². The van der Waals surface area contributed by atoms with E-state index in [1.54, 1.807) is 7.05 Å². The molecule has 11 heavy (non-hydrogen) atoms. The van der Waals surface area contributed by atoms with Gasteiger partial charge < -0.3 is 15.8 Å². The normalized spacial score (nSPS) is 12.6. The fraction of sp³-hybridized carbons (Fsp3) is 0.857. The van der Waals surface area contributed by atoms with Gasteiger partial charge in [0, 0.05) is 0 Å². The van der Waals surface area contributed by atoms with E-state index in [0.29, 0.717) is 6.54 Å². The molecule has 4 heteroatoms. The Morgan fingerprint density at radius 3 is 2.73 bits per heavy atom. The Balaban J connectivity index is 3.65. The summed E-state index contributed by atoms with van der Waals surface area (Å²) in [5, 5.41) is 2.86. The predicted octanol–water partition coefficient (Wildman–Crippen LogP) is -0.514. The quantitative estimate of drug-likeness (QED) is 0.531. The molecule has 0 rings (SSSR count). The Kier molecular flexibility index (Phi) is 5.78. The van der Waals surface area contributed by atoms with Crippen molar-refractivity contribution in [3.05, 3.63) is 0 Å². The van der Waals surface area contributed by atoms with Gasteiger partial charge in [0.2, 0.25) is 0 Å². The lowest BCUT2D eigenvalue weighted by atomic mass is 10.1. The van der Waals surface area contributed by atoms with Gasteiger partial charge in [0.25, 0.3) is 0 Å². The molecule has 4 nitrogen and oxygen atoms in total. The van der Waals surface area contributed by atoms with Crippen LogP contribution in [0.25, 0.3) is 0 Å². The average molecular weight is 160 g/mol. The summed E-state index contributed by atoms with van der Waals surface area (Å²) in [5.74, 6) is -0.221. The zero-order valence-corrected chi connectivity index (χ0v) is 7.09. The number of methoxy groups -OCH3 is 1. The molecule has 0 aliphatic carbocycles. The van der Waals surface area contributed by atoms with Crippen LogP contribution in [0.4, 0.5) is 0 Å². The molecule has 0 heterocycles. The van der Waals surface area contributed by atoms with Crippen LogP contribution in [0.1, 0.15) is 12.8 Å². The van der Waals surface area contributed by atoms with Crippen LogP contribution < -0.4 is 11.1 Å². The molecule has 0 amide bonds. The van der Waals surface area contributed by atoms with Gasteiger partial charge in [0.05, 0.1) is 7.11 Å². The molecule has 0 aliphatic heterocycles. The summed E-state index contributed by atoms with van der Waals surface area (Å²) in [4.78, 5) is 10.9. The molecule has 0 saturated heterocycles. The summed E-state index contributed by atoms with van der Waals surface area (Å²) in [6.45, 7) is 0.606. The summed E-state index contributed by atoms with van der Waals surface area (Å²) in [5.41, 5.74) is 5.29. The third-order valence-corrected chi connectivity index (χ3v) is 1.53. The number of nitrogens with two attached hydrogens (primary N) is 1. The number of ether oxygens (including phenoxy) is 1. The van der Waals surface area contributed by atoms with Crippen molar-refractivity contribution in [3.63, 3.8) is 0 Å². The molecule has 0 aromatic heterocycles. The van der Waals surface area contributed by atoms with E-state index < -0.39 is 0 Å². The largest absolute Gasteiger partial charge is 0.468 e. The Labute approximate surface area is 67.1 Å². The molecule has 3 N–H and O–H groups in total. The highest BCUT2D eigenvalue weighted by Gasteiger charge is 2.14. The molecule has 0 aromatic rings. The Morgan fingerprint density at radius 1 is 1.73 bits per heavy atom. The Hall–Kier alpha value is -0.610. The highest BCUT2D eigenvalue weighted by molar-refractivity contribution is 5.75. The number of rotatable bonds is 5. The maximum atomic E-state index is 10.9. The van der Waals surface area contributed by atoms with Crippen molar-refractivity contribution in [2.45, 2.75) is 18.9 Å². The summed E-state index contributed by atoms with van der Waals surface area (Å²) < 4.78 is 4.56. The molecule has 66 valence electrons. The van der Waals surface area contributed by atoms with Crippen molar-refractivity contribution < 1.29 is 9.53 Å². The topological polar surface area (TPSA) is 64.3 Å². The third-order valence-electron chi connectivity index (χ3n) is 1.53. The van der Waals surface area contributed by atoms with E-state index in [-0.39, 0.29) is 12.0 Å². The van der Waals surface area contributed by atoms with Crippen molar-refractivity contribution in [1.82, 2.24) is 5.32 Å². The molecule has 1 atom stereocenters. The highest BCUT2D eigenvalue weighted by Crippen LogP contribution is 1.96. The van der Waals surface area contributed by atoms with Gasteiger partial charge in [-0.15, -0.1) is 0 Å². The number of carbonyl (C=O) groups is 1. The maximum absolute atomic E-state index is 10.9. The smallest absolute Gasteiger partial charge is 0.322 e. The maximum Gasteiger partial charge on any atom is 0.322 e. The molecule has 0 unspecified atom stereocenters. The van der Waals surface area contributed by atoms with Crippen LogP contribution in [0.3, 0.4) is 0 Å². The van der Waals surface area contributed by atoms with Crippen LogP contribution in [0.5, 0.6) is 0 Å². The van der Waals surface area contributed by atoms with E-state index >= 15 is 0 Å². The van der Waals surface area contributed by atoms with Gasteiger partial charge in [-0.2, -0.15) is 0 Å². The van der Waals surface area contributed by atoms with Crippen LogP contribution in [0.2, 0.25) is 0 Å². The zero-order valence-electron chi connectivity index (χ0n) is 7.09. The fourth-order valence-electron chi connectivity index (χ4n) is 0.844. The number of carbonyl (C=O) groups excluding carboxylic acids is 1. The van der Waals surface area contributed by atoms with Crippen molar-refractivity contribution in [1.29, 1.82) is 0 Å². The van der Waals surface area contributed by atoms with E-state index in [9.17, 15) is 4.79 Å². The monoisotopic (exact) mass is 160 g/mol. The second-order valence-electron chi connectivity index (χ2n) is 2.30. The number of hydrogen-bond acceptors (Lipinski definition) is 4. The summed E-state index contributed by atoms with van der Waals surface area (Å²) >= 11 is 0. The second-order valence-corrected chi connectivity index (χ2v) is 2.30. The van der Waals surface area contributed by atoms with Crippen LogP contribution in [0.15, 0.2) is 0 Å². The first-order valence-electron chi connectivity index (χ1n) is 3.71. The molecule has 0 saturated carbocycles. The first-order valence-corrected chi connectivity index (χ1v) is 3.71. The van der Waals surface area contributed by atoms with Gasteiger partial charge in [0.15, 0.2) is 0 Å². The number of likely N-dealkylation sites (N-methyl/N-ethyl adjacent to an activating group) is 1. The lowest BCUT2D eigenvalue weighted by Crippen LogP contribution is -2.35. The van der Waals surface area contributed by atoms with E-state index in [4.69, 9.17) is 5.73 Å². The molecular weight excluding hydrogens is 144 g/mol.